The molecule has 92 valence electrons. The minimum Gasteiger partial charge on any atom is -0.198 e. The molecule has 0 radical (unpaired) electrons. The van der Waals surface area contributed by atoms with Gasteiger partial charge in [-0.3, -0.25) is 0 Å². The highest BCUT2D eigenvalue weighted by molar-refractivity contribution is 4.99. The Morgan fingerprint density at radius 1 is 1.00 bits per heavy atom. The van der Waals surface area contributed by atoms with Crippen LogP contribution in [0.25, 0.3) is 0 Å². The summed E-state index contributed by atoms with van der Waals surface area (Å²) < 4.78 is 0. The minimum absolute atomic E-state index is 0. The van der Waals surface area contributed by atoms with Crippen LogP contribution in [0.1, 0.15) is 66.6 Å². The summed E-state index contributed by atoms with van der Waals surface area (Å²) >= 11 is 0. The molecule has 0 amide bonds. The molecule has 1 nitrogen and oxygen atoms in total. The second-order valence-corrected chi connectivity index (χ2v) is 6.53. The number of hydrogen-bond donors (Lipinski definition) is 0. The quantitative estimate of drug-likeness (QED) is 0.625. The van der Waals surface area contributed by atoms with Gasteiger partial charge in [0, 0.05) is 1.43 Å². The van der Waals surface area contributed by atoms with E-state index in [-0.39, 0.29) is 6.84 Å². The third-order valence-electron chi connectivity index (χ3n) is 5.13. The van der Waals surface area contributed by atoms with Crippen LogP contribution in [0.4, 0.5) is 0 Å². The Morgan fingerprint density at radius 2 is 1.50 bits per heavy atom. The summed E-state index contributed by atoms with van der Waals surface area (Å²) in [4.78, 5) is 0. The number of rotatable bonds is 1. The Morgan fingerprint density at radius 3 is 2.00 bits per heavy atom. The van der Waals surface area contributed by atoms with Crippen molar-refractivity contribution in [1.82, 2.24) is 0 Å². The first-order valence-electron chi connectivity index (χ1n) is 7.04. The molecule has 0 unspecified atom stereocenters. The number of hydrogen-bond acceptors (Lipinski definition) is 1. The van der Waals surface area contributed by atoms with Crippen molar-refractivity contribution < 1.29 is 1.43 Å². The van der Waals surface area contributed by atoms with E-state index in [9.17, 15) is 0 Å². The molecule has 0 heterocycles. The van der Waals surface area contributed by atoms with Crippen molar-refractivity contribution >= 4 is 0 Å². The molecule has 16 heavy (non-hydrogen) atoms. The van der Waals surface area contributed by atoms with Gasteiger partial charge in [-0.25, -0.2) is 0 Å². The average molecular weight is 221 g/mol. The molecule has 0 aliphatic heterocycles. The molecule has 1 heteroatoms. The average Bonchev–Trinajstić information content (AvgIpc) is 2.32. The Labute approximate surface area is 102 Å². The number of nitrogens with zero attached hydrogens (tertiary/aromatic N) is 1. The van der Waals surface area contributed by atoms with E-state index in [1.807, 2.05) is 0 Å². The van der Waals surface area contributed by atoms with Crippen LogP contribution in [0.5, 0.6) is 0 Å². The van der Waals surface area contributed by atoms with Crippen LogP contribution in [0.15, 0.2) is 0 Å². The fourth-order valence-corrected chi connectivity index (χ4v) is 3.62. The van der Waals surface area contributed by atoms with E-state index < -0.39 is 0 Å². The lowest BCUT2D eigenvalue weighted by Gasteiger charge is -2.39. The second kappa shape index (κ2) is 4.78. The molecule has 2 aliphatic carbocycles. The molecule has 0 aromatic carbocycles. The fourth-order valence-electron chi connectivity index (χ4n) is 3.62. The molecular formula is C15H27N. The standard InChI is InChI=1S/C15H25N.H2/c1-12-3-5-13(6-4-12)14-7-9-15(2,11-16)10-8-14;/h12-14H,3-10H2,1-2H3;1H. The molecule has 2 aliphatic rings. The second-order valence-electron chi connectivity index (χ2n) is 6.53. The van der Waals surface area contributed by atoms with Gasteiger partial charge in [0.05, 0.1) is 11.5 Å². The summed E-state index contributed by atoms with van der Waals surface area (Å²) in [5.74, 6) is 2.89. The molecule has 0 aromatic rings. The third kappa shape index (κ3) is 2.59. The predicted molar refractivity (Wildman–Crippen MR) is 68.9 cm³/mol. The van der Waals surface area contributed by atoms with Gasteiger partial charge < -0.3 is 0 Å². The maximum Gasteiger partial charge on any atom is 0.0686 e. The van der Waals surface area contributed by atoms with Crippen LogP contribution in [0.2, 0.25) is 0 Å². The lowest BCUT2D eigenvalue weighted by Crippen LogP contribution is -2.29. The summed E-state index contributed by atoms with van der Waals surface area (Å²) in [6.45, 7) is 4.54. The van der Waals surface area contributed by atoms with Crippen molar-refractivity contribution in [2.24, 2.45) is 23.2 Å². The smallest absolute Gasteiger partial charge is 0.0686 e. The van der Waals surface area contributed by atoms with Gasteiger partial charge >= 0.3 is 0 Å². The first-order valence-corrected chi connectivity index (χ1v) is 7.04. The molecule has 0 N–H and O–H groups in total. The van der Waals surface area contributed by atoms with Crippen molar-refractivity contribution in [3.63, 3.8) is 0 Å². The van der Waals surface area contributed by atoms with Crippen LogP contribution in [-0.4, -0.2) is 0 Å². The van der Waals surface area contributed by atoms with E-state index in [4.69, 9.17) is 5.26 Å². The van der Waals surface area contributed by atoms with Crippen molar-refractivity contribution in [1.29, 1.82) is 5.26 Å². The lowest BCUT2D eigenvalue weighted by atomic mass is 9.66. The highest BCUT2D eigenvalue weighted by Gasteiger charge is 2.35. The Hall–Kier alpha value is -0.510. The van der Waals surface area contributed by atoms with Gasteiger partial charge in [0.15, 0.2) is 0 Å². The molecule has 0 bridgehead atoms. The summed E-state index contributed by atoms with van der Waals surface area (Å²) in [6, 6.07) is 2.51. The molecule has 0 spiro atoms. The molecule has 2 rings (SSSR count). The Balaban J connectivity index is 0.00000144. The maximum absolute atomic E-state index is 9.13. The van der Waals surface area contributed by atoms with E-state index in [1.54, 1.807) is 0 Å². The Bertz CT molecular complexity index is 265. The van der Waals surface area contributed by atoms with E-state index in [0.29, 0.717) is 0 Å². The normalized spacial score (nSPS) is 44.9. The zero-order valence-corrected chi connectivity index (χ0v) is 10.8. The summed E-state index contributed by atoms with van der Waals surface area (Å²) in [5, 5.41) is 9.13. The first-order chi connectivity index (χ1) is 7.63. The van der Waals surface area contributed by atoms with E-state index in [1.165, 1.54) is 38.5 Å². The summed E-state index contributed by atoms with van der Waals surface area (Å²) in [7, 11) is 0. The van der Waals surface area contributed by atoms with Gasteiger partial charge in [-0.1, -0.05) is 19.8 Å². The lowest BCUT2D eigenvalue weighted by molar-refractivity contribution is 0.133. The maximum atomic E-state index is 9.13. The minimum atomic E-state index is -0.00153. The zero-order valence-electron chi connectivity index (χ0n) is 10.8. The van der Waals surface area contributed by atoms with Crippen LogP contribution < -0.4 is 0 Å². The van der Waals surface area contributed by atoms with Crippen LogP contribution in [0, 0.1) is 34.5 Å². The van der Waals surface area contributed by atoms with E-state index in [0.717, 1.165) is 30.6 Å². The summed E-state index contributed by atoms with van der Waals surface area (Å²) in [6.07, 6.45) is 10.7. The van der Waals surface area contributed by atoms with Crippen LogP contribution in [-0.2, 0) is 0 Å². The van der Waals surface area contributed by atoms with Gasteiger partial charge in [-0.05, 0) is 63.2 Å². The molecule has 0 aromatic heterocycles. The van der Waals surface area contributed by atoms with Crippen molar-refractivity contribution in [2.75, 3.05) is 0 Å². The molecule has 0 saturated heterocycles. The van der Waals surface area contributed by atoms with Crippen LogP contribution in [0.3, 0.4) is 0 Å². The van der Waals surface area contributed by atoms with Crippen molar-refractivity contribution in [2.45, 2.75) is 65.2 Å². The van der Waals surface area contributed by atoms with Gasteiger partial charge in [0.1, 0.15) is 0 Å². The van der Waals surface area contributed by atoms with Crippen LogP contribution >= 0.6 is 0 Å². The van der Waals surface area contributed by atoms with Crippen molar-refractivity contribution in [3.8, 4) is 6.07 Å². The SMILES string of the molecule is CC1CCC(C2CCC(C)(C#N)CC2)CC1.[HH]. The molecule has 2 fully saturated rings. The largest absolute Gasteiger partial charge is 0.198 e. The molecule has 0 atom stereocenters. The van der Waals surface area contributed by atoms with Gasteiger partial charge in [0.25, 0.3) is 0 Å². The molecule has 2 saturated carbocycles. The fraction of sp³-hybridized carbons (Fsp3) is 0.933. The van der Waals surface area contributed by atoms with Gasteiger partial charge in [-0.2, -0.15) is 5.26 Å². The number of nitriles is 1. The zero-order chi connectivity index (χ0) is 11.6. The van der Waals surface area contributed by atoms with Crippen molar-refractivity contribution in [3.05, 3.63) is 0 Å². The highest BCUT2D eigenvalue weighted by Crippen LogP contribution is 2.44. The topological polar surface area (TPSA) is 23.8 Å². The monoisotopic (exact) mass is 221 g/mol. The van der Waals surface area contributed by atoms with Gasteiger partial charge in [-0.15, -0.1) is 0 Å². The van der Waals surface area contributed by atoms with E-state index >= 15 is 0 Å². The molecular weight excluding hydrogens is 194 g/mol. The van der Waals surface area contributed by atoms with Gasteiger partial charge in [0.2, 0.25) is 0 Å². The highest BCUT2D eigenvalue weighted by atomic mass is 14.4. The third-order valence-corrected chi connectivity index (χ3v) is 5.13. The predicted octanol–water partition coefficient (Wildman–Crippen LogP) is 4.78. The summed E-state index contributed by atoms with van der Waals surface area (Å²) in [5.41, 5.74) is -0.00153. The van der Waals surface area contributed by atoms with E-state index in [2.05, 4.69) is 19.9 Å². The Kier molecular flexibility index (Phi) is 3.57. The first kappa shape index (κ1) is 12.0.